The lowest BCUT2D eigenvalue weighted by atomic mass is 9.86. The Morgan fingerprint density at radius 2 is 1.81 bits per heavy atom. The first-order valence-corrected chi connectivity index (χ1v) is 9.10. The summed E-state index contributed by atoms with van der Waals surface area (Å²) in [6.45, 7) is 9.40. The number of nitrogens with zero attached hydrogens (tertiary/aromatic N) is 1. The summed E-state index contributed by atoms with van der Waals surface area (Å²) in [5.41, 5.74) is 7.33. The van der Waals surface area contributed by atoms with Gasteiger partial charge in [-0.3, -0.25) is 10.2 Å². The first kappa shape index (κ1) is 21.0. The number of ether oxygens (including phenoxy) is 2. The number of nitrogens with one attached hydrogen (secondary N) is 3. The standard InChI is InChI=1S/C19H30N4O4/c1-19(2,3)16(21-18(25)26-4)17(24)22-20-13-14-5-7-15(8-6-14)23-9-11-27-12-10-23/h5-8,16,20H,9-13H2,1-4H3,(H,21,25)(H,22,24)/t16-/m1/s1. The van der Waals surface area contributed by atoms with Crippen molar-refractivity contribution >= 4 is 17.7 Å². The fourth-order valence-corrected chi connectivity index (χ4v) is 2.80. The van der Waals surface area contributed by atoms with Gasteiger partial charge in [-0.1, -0.05) is 32.9 Å². The number of morpholine rings is 1. The van der Waals surface area contributed by atoms with E-state index in [-0.39, 0.29) is 5.91 Å². The summed E-state index contributed by atoms with van der Waals surface area (Å²) in [5.74, 6) is -0.321. The third-order valence-electron chi connectivity index (χ3n) is 4.39. The van der Waals surface area contributed by atoms with Crippen molar-refractivity contribution in [3.05, 3.63) is 29.8 Å². The highest BCUT2D eigenvalue weighted by Gasteiger charge is 2.33. The summed E-state index contributed by atoms with van der Waals surface area (Å²) in [6.07, 6.45) is -0.635. The molecule has 1 aliphatic rings. The first-order valence-electron chi connectivity index (χ1n) is 9.10. The lowest BCUT2D eigenvalue weighted by Gasteiger charge is -2.30. The predicted molar refractivity (Wildman–Crippen MR) is 103 cm³/mol. The van der Waals surface area contributed by atoms with Crippen molar-refractivity contribution < 1.29 is 19.1 Å². The van der Waals surface area contributed by atoms with E-state index in [1.165, 1.54) is 12.8 Å². The molecular weight excluding hydrogens is 348 g/mol. The average Bonchev–Trinajstić information content (AvgIpc) is 2.66. The third-order valence-corrected chi connectivity index (χ3v) is 4.39. The highest BCUT2D eigenvalue weighted by molar-refractivity contribution is 5.86. The monoisotopic (exact) mass is 378 g/mol. The fraction of sp³-hybridized carbons (Fsp3) is 0.579. The Morgan fingerprint density at radius 3 is 2.37 bits per heavy atom. The summed E-state index contributed by atoms with van der Waals surface area (Å²) in [4.78, 5) is 26.2. The van der Waals surface area contributed by atoms with Gasteiger partial charge in [-0.05, 0) is 23.1 Å². The van der Waals surface area contributed by atoms with Gasteiger partial charge in [0.15, 0.2) is 0 Å². The zero-order valence-corrected chi connectivity index (χ0v) is 16.5. The van der Waals surface area contributed by atoms with Gasteiger partial charge in [0, 0.05) is 25.3 Å². The van der Waals surface area contributed by atoms with Crippen LogP contribution in [0.5, 0.6) is 0 Å². The maximum atomic E-state index is 12.4. The molecule has 2 rings (SSSR count). The maximum Gasteiger partial charge on any atom is 0.407 e. The quantitative estimate of drug-likeness (QED) is 0.649. The first-order chi connectivity index (χ1) is 12.8. The van der Waals surface area contributed by atoms with Gasteiger partial charge >= 0.3 is 6.09 Å². The van der Waals surface area contributed by atoms with Crippen LogP contribution in [-0.4, -0.2) is 51.5 Å². The minimum atomic E-state index is -0.721. The molecule has 3 N–H and O–H groups in total. The smallest absolute Gasteiger partial charge is 0.407 e. The lowest BCUT2D eigenvalue weighted by Crippen LogP contribution is -2.56. The highest BCUT2D eigenvalue weighted by atomic mass is 16.5. The second-order valence-corrected chi connectivity index (χ2v) is 7.54. The zero-order chi connectivity index (χ0) is 19.9. The molecule has 0 spiro atoms. The number of hydrogen-bond donors (Lipinski definition) is 3. The van der Waals surface area contributed by atoms with Gasteiger partial charge in [-0.2, -0.15) is 0 Å². The Morgan fingerprint density at radius 1 is 1.19 bits per heavy atom. The van der Waals surface area contributed by atoms with Crippen molar-refractivity contribution in [3.63, 3.8) is 0 Å². The molecule has 0 bridgehead atoms. The van der Waals surface area contributed by atoms with E-state index in [0.717, 1.165) is 31.9 Å². The van der Waals surface area contributed by atoms with E-state index in [4.69, 9.17) is 4.74 Å². The number of hydrogen-bond acceptors (Lipinski definition) is 6. The largest absolute Gasteiger partial charge is 0.453 e. The molecule has 0 unspecified atom stereocenters. The van der Waals surface area contributed by atoms with Crippen LogP contribution in [-0.2, 0) is 20.8 Å². The summed E-state index contributed by atoms with van der Waals surface area (Å²) in [6, 6.07) is 7.47. The van der Waals surface area contributed by atoms with Crippen LogP contribution in [0.25, 0.3) is 0 Å². The molecule has 8 heteroatoms. The molecular formula is C19H30N4O4. The number of amides is 2. The number of carbonyl (C=O) groups is 2. The van der Waals surface area contributed by atoms with Crippen LogP contribution >= 0.6 is 0 Å². The Bertz CT molecular complexity index is 622. The Kier molecular flexibility index (Phi) is 7.44. The van der Waals surface area contributed by atoms with Crippen molar-refractivity contribution in [2.45, 2.75) is 33.4 Å². The molecule has 1 saturated heterocycles. The molecule has 1 atom stereocenters. The van der Waals surface area contributed by atoms with Crippen LogP contribution < -0.4 is 21.1 Å². The van der Waals surface area contributed by atoms with Crippen LogP contribution in [0.4, 0.5) is 10.5 Å². The Labute approximate surface area is 160 Å². The average molecular weight is 378 g/mol. The normalized spacial score (nSPS) is 15.8. The zero-order valence-electron chi connectivity index (χ0n) is 16.5. The molecule has 8 nitrogen and oxygen atoms in total. The van der Waals surface area contributed by atoms with E-state index >= 15 is 0 Å². The number of rotatable bonds is 6. The van der Waals surface area contributed by atoms with E-state index in [1.807, 2.05) is 32.9 Å². The highest BCUT2D eigenvalue weighted by Crippen LogP contribution is 2.19. The van der Waals surface area contributed by atoms with Crippen molar-refractivity contribution in [1.82, 2.24) is 16.2 Å². The molecule has 1 fully saturated rings. The second kappa shape index (κ2) is 9.57. The van der Waals surface area contributed by atoms with Crippen LogP contribution in [0.1, 0.15) is 26.3 Å². The van der Waals surface area contributed by atoms with Gasteiger partial charge in [0.1, 0.15) is 6.04 Å². The molecule has 1 aromatic carbocycles. The predicted octanol–water partition coefficient (Wildman–Crippen LogP) is 1.41. The minimum absolute atomic E-state index is 0.321. The van der Waals surface area contributed by atoms with E-state index in [9.17, 15) is 9.59 Å². The Hall–Kier alpha value is -2.32. The molecule has 0 aromatic heterocycles. The molecule has 0 aliphatic carbocycles. The lowest BCUT2D eigenvalue weighted by molar-refractivity contribution is -0.126. The van der Waals surface area contributed by atoms with E-state index in [2.05, 4.69) is 37.9 Å². The van der Waals surface area contributed by atoms with Gasteiger partial charge in [0.25, 0.3) is 5.91 Å². The van der Waals surface area contributed by atoms with Gasteiger partial charge < -0.3 is 19.7 Å². The van der Waals surface area contributed by atoms with Crippen LogP contribution in [0, 0.1) is 5.41 Å². The summed E-state index contributed by atoms with van der Waals surface area (Å²) in [5, 5.41) is 2.57. The topological polar surface area (TPSA) is 91.9 Å². The summed E-state index contributed by atoms with van der Waals surface area (Å²) in [7, 11) is 1.27. The van der Waals surface area contributed by atoms with E-state index < -0.39 is 17.6 Å². The van der Waals surface area contributed by atoms with Crippen molar-refractivity contribution in [1.29, 1.82) is 0 Å². The molecule has 2 amide bonds. The van der Waals surface area contributed by atoms with E-state index in [0.29, 0.717) is 6.54 Å². The fourth-order valence-electron chi connectivity index (χ4n) is 2.80. The van der Waals surface area contributed by atoms with Crippen molar-refractivity contribution in [3.8, 4) is 0 Å². The maximum absolute atomic E-state index is 12.4. The molecule has 150 valence electrons. The number of methoxy groups -OCH3 is 1. The van der Waals surface area contributed by atoms with Crippen molar-refractivity contribution in [2.24, 2.45) is 5.41 Å². The minimum Gasteiger partial charge on any atom is -0.453 e. The number of benzene rings is 1. The van der Waals surface area contributed by atoms with Crippen LogP contribution in [0.2, 0.25) is 0 Å². The molecule has 0 radical (unpaired) electrons. The Balaban J connectivity index is 1.84. The molecule has 1 aliphatic heterocycles. The van der Waals surface area contributed by atoms with Gasteiger partial charge in [0.05, 0.1) is 20.3 Å². The second-order valence-electron chi connectivity index (χ2n) is 7.54. The van der Waals surface area contributed by atoms with Crippen molar-refractivity contribution in [2.75, 3.05) is 38.3 Å². The van der Waals surface area contributed by atoms with E-state index in [1.54, 1.807) is 0 Å². The van der Waals surface area contributed by atoms with Gasteiger partial charge in [0.2, 0.25) is 0 Å². The number of carbonyl (C=O) groups excluding carboxylic acids is 2. The molecule has 0 saturated carbocycles. The van der Waals surface area contributed by atoms with Gasteiger partial charge in [-0.15, -0.1) is 0 Å². The van der Waals surface area contributed by atoms with Crippen LogP contribution in [0.15, 0.2) is 24.3 Å². The van der Waals surface area contributed by atoms with Gasteiger partial charge in [-0.25, -0.2) is 10.2 Å². The third kappa shape index (κ3) is 6.41. The molecule has 1 aromatic rings. The number of anilines is 1. The summed E-state index contributed by atoms with van der Waals surface area (Å²) >= 11 is 0. The van der Waals surface area contributed by atoms with Crippen LogP contribution in [0.3, 0.4) is 0 Å². The molecule has 1 heterocycles. The number of alkyl carbamates (subject to hydrolysis) is 1. The molecule has 27 heavy (non-hydrogen) atoms. The number of hydrazine groups is 1. The summed E-state index contributed by atoms with van der Waals surface area (Å²) < 4.78 is 9.97. The SMILES string of the molecule is COC(=O)N[C@H](C(=O)NNCc1ccc(N2CCOCC2)cc1)C(C)(C)C.